The van der Waals surface area contributed by atoms with Gasteiger partial charge in [0.15, 0.2) is 0 Å². The zero-order chi connectivity index (χ0) is 14.8. The van der Waals surface area contributed by atoms with E-state index in [1.807, 2.05) is 12.1 Å². The summed E-state index contributed by atoms with van der Waals surface area (Å²) >= 11 is 0. The monoisotopic (exact) mass is 287 g/mol. The van der Waals surface area contributed by atoms with Crippen molar-refractivity contribution < 1.29 is 15.0 Å². The molecule has 1 aromatic rings. The fourth-order valence-electron chi connectivity index (χ4n) is 5.73. The van der Waals surface area contributed by atoms with Gasteiger partial charge in [0.1, 0.15) is 5.75 Å². The summed E-state index contributed by atoms with van der Waals surface area (Å²) in [6, 6.07) is 5.45. The second kappa shape index (κ2) is 3.93. The number of hydrogen-bond donors (Lipinski definition) is 3. The number of nitrogens with two attached hydrogens (primary N) is 1. The van der Waals surface area contributed by atoms with Crippen LogP contribution >= 0.6 is 0 Å². The van der Waals surface area contributed by atoms with Crippen LogP contribution in [0.15, 0.2) is 18.2 Å². The maximum atomic E-state index is 11.9. The number of aromatic hydroxyl groups is 1. The van der Waals surface area contributed by atoms with Gasteiger partial charge < -0.3 is 15.9 Å². The van der Waals surface area contributed by atoms with Crippen molar-refractivity contribution in [2.75, 3.05) is 5.73 Å². The minimum atomic E-state index is -0.618. The highest BCUT2D eigenvalue weighted by molar-refractivity contribution is 5.76. The number of rotatable bonds is 2. The molecule has 0 aliphatic heterocycles. The number of anilines is 1. The Labute approximate surface area is 124 Å². The molecule has 0 aromatic heterocycles. The molecule has 4 nitrogen and oxygen atoms in total. The van der Waals surface area contributed by atoms with E-state index >= 15 is 0 Å². The van der Waals surface area contributed by atoms with Gasteiger partial charge in [-0.3, -0.25) is 4.79 Å². The topological polar surface area (TPSA) is 83.6 Å². The summed E-state index contributed by atoms with van der Waals surface area (Å²) in [5, 5.41) is 19.4. The van der Waals surface area contributed by atoms with Crippen LogP contribution in [0.5, 0.6) is 5.75 Å². The molecule has 0 amide bonds. The number of phenolic OH excluding ortho intramolecular Hbond substituents is 1. The summed E-state index contributed by atoms with van der Waals surface area (Å²) in [6.07, 6.45) is 5.74. The fraction of sp³-hybridized carbons (Fsp3) is 0.588. The molecule has 1 aromatic carbocycles. The summed E-state index contributed by atoms with van der Waals surface area (Å²) in [7, 11) is 0. The molecule has 0 saturated heterocycles. The van der Waals surface area contributed by atoms with E-state index in [0.29, 0.717) is 17.5 Å². The molecular formula is C17H21NO3. The van der Waals surface area contributed by atoms with Gasteiger partial charge in [-0.05, 0) is 73.5 Å². The van der Waals surface area contributed by atoms with E-state index in [9.17, 15) is 15.0 Å². The van der Waals surface area contributed by atoms with Gasteiger partial charge in [0.25, 0.3) is 0 Å². The Hall–Kier alpha value is -1.71. The third kappa shape index (κ3) is 1.71. The van der Waals surface area contributed by atoms with E-state index < -0.39 is 11.4 Å². The standard InChI is InChI=1S/C17H21NO3/c18-13-4-12(1-2-14(13)19)16-5-10-3-11(6-16)8-17(7-10,9-16)15(20)21/h1-2,4,10-11,19H,3,5-9,18H2,(H,20,21). The predicted octanol–water partition coefficient (Wildman–Crippen LogP) is 2.90. The highest BCUT2D eigenvalue weighted by Crippen LogP contribution is 2.65. The van der Waals surface area contributed by atoms with Crippen molar-refractivity contribution in [1.82, 2.24) is 0 Å². The molecule has 4 aliphatic carbocycles. The predicted molar refractivity (Wildman–Crippen MR) is 78.9 cm³/mol. The van der Waals surface area contributed by atoms with E-state index in [1.165, 1.54) is 6.42 Å². The third-order valence-electron chi connectivity index (χ3n) is 6.15. The lowest BCUT2D eigenvalue weighted by Crippen LogP contribution is -2.56. The zero-order valence-electron chi connectivity index (χ0n) is 12.0. The van der Waals surface area contributed by atoms with Crippen LogP contribution in [0.4, 0.5) is 5.69 Å². The fourth-order valence-corrected chi connectivity index (χ4v) is 5.73. The van der Waals surface area contributed by atoms with E-state index in [2.05, 4.69) is 0 Å². The second-order valence-electron chi connectivity index (χ2n) is 7.60. The van der Waals surface area contributed by atoms with Gasteiger partial charge in [-0.15, -0.1) is 0 Å². The lowest BCUT2D eigenvalue weighted by atomic mass is 9.43. The molecule has 112 valence electrons. The van der Waals surface area contributed by atoms with Crippen molar-refractivity contribution in [3.8, 4) is 5.75 Å². The molecule has 4 bridgehead atoms. The van der Waals surface area contributed by atoms with Crippen LogP contribution in [-0.2, 0) is 10.2 Å². The molecule has 0 radical (unpaired) electrons. The highest BCUT2D eigenvalue weighted by atomic mass is 16.4. The number of phenols is 1. The number of nitrogen functional groups attached to an aromatic ring is 1. The molecule has 21 heavy (non-hydrogen) atoms. The van der Waals surface area contributed by atoms with Crippen molar-refractivity contribution in [2.24, 2.45) is 17.3 Å². The van der Waals surface area contributed by atoms with E-state index in [1.54, 1.807) is 6.07 Å². The Morgan fingerprint density at radius 2 is 1.86 bits per heavy atom. The molecule has 0 spiro atoms. The first-order chi connectivity index (χ1) is 9.92. The van der Waals surface area contributed by atoms with Gasteiger partial charge in [-0.1, -0.05) is 6.07 Å². The molecule has 5 rings (SSSR count). The Balaban J connectivity index is 1.80. The lowest BCUT2D eigenvalue weighted by Gasteiger charge is -2.60. The van der Waals surface area contributed by atoms with Gasteiger partial charge in [-0.2, -0.15) is 0 Å². The maximum Gasteiger partial charge on any atom is 0.309 e. The number of carbonyl (C=O) groups is 1. The van der Waals surface area contributed by atoms with E-state index in [-0.39, 0.29) is 11.2 Å². The minimum absolute atomic E-state index is 0.0513. The van der Waals surface area contributed by atoms with Crippen molar-refractivity contribution in [1.29, 1.82) is 0 Å². The van der Waals surface area contributed by atoms with Crippen LogP contribution in [0.2, 0.25) is 0 Å². The Bertz CT molecular complexity index is 610. The summed E-state index contributed by atoms with van der Waals surface area (Å²) in [4.78, 5) is 11.9. The SMILES string of the molecule is Nc1cc(C23CC4CC(CC(C(=O)O)(C4)C2)C3)ccc1O. The first kappa shape index (κ1) is 13.0. The summed E-state index contributed by atoms with van der Waals surface area (Å²) < 4.78 is 0. The first-order valence-corrected chi connectivity index (χ1v) is 7.75. The van der Waals surface area contributed by atoms with Crippen molar-refractivity contribution in [3.63, 3.8) is 0 Å². The van der Waals surface area contributed by atoms with Crippen LogP contribution in [0.3, 0.4) is 0 Å². The van der Waals surface area contributed by atoms with Crippen molar-refractivity contribution in [2.45, 2.75) is 43.9 Å². The summed E-state index contributed by atoms with van der Waals surface area (Å²) in [6.45, 7) is 0. The number of benzene rings is 1. The lowest BCUT2D eigenvalue weighted by molar-refractivity contribution is -0.167. The van der Waals surface area contributed by atoms with Crippen LogP contribution in [0.1, 0.15) is 44.1 Å². The molecular weight excluding hydrogens is 266 g/mol. The number of carboxylic acid groups (broad SMARTS) is 1. The van der Waals surface area contributed by atoms with Crippen LogP contribution in [0.25, 0.3) is 0 Å². The van der Waals surface area contributed by atoms with Gasteiger partial charge >= 0.3 is 5.97 Å². The smallest absolute Gasteiger partial charge is 0.309 e. The molecule has 2 atom stereocenters. The Kier molecular flexibility index (Phi) is 2.43. The number of aliphatic carboxylic acids is 1. The van der Waals surface area contributed by atoms with E-state index in [0.717, 1.165) is 37.7 Å². The highest BCUT2D eigenvalue weighted by Gasteiger charge is 2.61. The van der Waals surface area contributed by atoms with Crippen LogP contribution < -0.4 is 5.73 Å². The molecule has 0 heterocycles. The normalized spacial score (nSPS) is 40.4. The van der Waals surface area contributed by atoms with Gasteiger partial charge in [0.05, 0.1) is 11.1 Å². The molecule has 4 N–H and O–H groups in total. The largest absolute Gasteiger partial charge is 0.506 e. The van der Waals surface area contributed by atoms with Crippen LogP contribution in [0, 0.1) is 17.3 Å². The molecule has 2 unspecified atom stereocenters. The minimum Gasteiger partial charge on any atom is -0.506 e. The van der Waals surface area contributed by atoms with E-state index in [4.69, 9.17) is 5.73 Å². The molecule has 4 aliphatic rings. The van der Waals surface area contributed by atoms with Gasteiger partial charge in [0.2, 0.25) is 0 Å². The number of carboxylic acids is 1. The van der Waals surface area contributed by atoms with Gasteiger partial charge in [-0.25, -0.2) is 0 Å². The number of hydrogen-bond acceptors (Lipinski definition) is 3. The molecule has 4 saturated carbocycles. The summed E-state index contributed by atoms with van der Waals surface area (Å²) in [5.41, 5.74) is 6.80. The Morgan fingerprint density at radius 1 is 1.19 bits per heavy atom. The first-order valence-electron chi connectivity index (χ1n) is 7.75. The van der Waals surface area contributed by atoms with Crippen molar-refractivity contribution in [3.05, 3.63) is 23.8 Å². The quantitative estimate of drug-likeness (QED) is 0.577. The zero-order valence-corrected chi connectivity index (χ0v) is 12.0. The summed E-state index contributed by atoms with van der Waals surface area (Å²) in [5.74, 6) is 0.541. The average molecular weight is 287 g/mol. The van der Waals surface area contributed by atoms with Crippen molar-refractivity contribution >= 4 is 11.7 Å². The van der Waals surface area contributed by atoms with Crippen LogP contribution in [-0.4, -0.2) is 16.2 Å². The molecule has 4 heteroatoms. The maximum absolute atomic E-state index is 11.9. The van der Waals surface area contributed by atoms with Gasteiger partial charge in [0, 0.05) is 0 Å². The average Bonchev–Trinajstić information content (AvgIpc) is 2.40. The second-order valence-corrected chi connectivity index (χ2v) is 7.60. The Morgan fingerprint density at radius 3 is 2.43 bits per heavy atom. The third-order valence-corrected chi connectivity index (χ3v) is 6.15. The molecule has 4 fully saturated rings.